The summed E-state index contributed by atoms with van der Waals surface area (Å²) in [5.74, 6) is 0.670. The Morgan fingerprint density at radius 1 is 1.03 bits per heavy atom. The summed E-state index contributed by atoms with van der Waals surface area (Å²) < 4.78 is 19.3. The number of halogens is 5. The summed E-state index contributed by atoms with van der Waals surface area (Å²) in [5, 5.41) is 5.76. The lowest BCUT2D eigenvalue weighted by Gasteiger charge is -2.13. The number of hydrogen-bond donors (Lipinski definition) is 1. The number of furan rings is 1. The molecule has 0 aliphatic heterocycles. The molecule has 0 saturated heterocycles. The van der Waals surface area contributed by atoms with E-state index in [1.165, 1.54) is 13.3 Å². The first kappa shape index (κ1) is 26.0. The third kappa shape index (κ3) is 6.21. The maximum Gasteiger partial charge on any atom is 0.307 e. The number of hydrazone groups is 1. The van der Waals surface area contributed by atoms with Crippen LogP contribution in [0.1, 0.15) is 21.7 Å². The summed E-state index contributed by atoms with van der Waals surface area (Å²) in [4.78, 5) is 12.5. The van der Waals surface area contributed by atoms with Gasteiger partial charge in [0.05, 0.1) is 27.8 Å². The predicted molar refractivity (Wildman–Crippen MR) is 148 cm³/mol. The maximum atomic E-state index is 12.5. The van der Waals surface area contributed by atoms with Crippen molar-refractivity contribution in [2.24, 2.45) is 5.10 Å². The number of hydrogen-bond acceptors (Lipinski definition) is 5. The van der Waals surface area contributed by atoms with Crippen molar-refractivity contribution in [2.45, 2.75) is 6.61 Å². The van der Waals surface area contributed by atoms with Gasteiger partial charge in [-0.3, -0.25) is 4.79 Å². The third-order valence-electron chi connectivity index (χ3n) is 4.79. The lowest BCUT2D eigenvalue weighted by molar-refractivity contribution is 0.0929. The highest BCUT2D eigenvalue weighted by molar-refractivity contribution is 9.11. The van der Waals surface area contributed by atoms with Crippen molar-refractivity contribution in [3.8, 4) is 11.5 Å². The van der Waals surface area contributed by atoms with Crippen LogP contribution in [0.3, 0.4) is 0 Å². The van der Waals surface area contributed by atoms with Crippen molar-refractivity contribution in [3.05, 3.63) is 88.9 Å². The van der Waals surface area contributed by atoms with Crippen molar-refractivity contribution in [1.82, 2.24) is 5.43 Å². The molecule has 4 aromatic rings. The fourth-order valence-electron chi connectivity index (χ4n) is 3.12. The Kier molecular flexibility index (Phi) is 8.44. The molecule has 1 amide bonds. The Bertz CT molecular complexity index is 1460. The molecule has 1 N–H and O–H groups in total. The van der Waals surface area contributed by atoms with Crippen molar-refractivity contribution in [1.29, 1.82) is 0 Å². The fraction of sp³-hybridized carbons (Fsp3) is 0.0833. The van der Waals surface area contributed by atoms with Gasteiger partial charge in [0.15, 0.2) is 17.3 Å². The first-order valence-corrected chi connectivity index (χ1v) is 13.0. The Morgan fingerprint density at radius 2 is 1.83 bits per heavy atom. The molecule has 0 atom stereocenters. The summed E-state index contributed by atoms with van der Waals surface area (Å²) in [6, 6.07) is 14.1. The van der Waals surface area contributed by atoms with Crippen LogP contribution in [-0.2, 0) is 6.61 Å². The van der Waals surface area contributed by atoms with Crippen LogP contribution in [0.25, 0.3) is 11.0 Å². The number of methoxy groups -OCH3 is 1. The summed E-state index contributed by atoms with van der Waals surface area (Å²) >= 11 is 22.4. The lowest BCUT2D eigenvalue weighted by Crippen LogP contribution is -2.16. The number of nitrogens with zero attached hydrogens (tertiary/aromatic N) is 1. The second-order valence-electron chi connectivity index (χ2n) is 7.18. The highest BCUT2D eigenvalue weighted by Crippen LogP contribution is 2.34. The molecule has 11 heteroatoms. The second-order valence-corrected chi connectivity index (χ2v) is 10.6. The average molecular weight is 706 g/mol. The Morgan fingerprint density at radius 3 is 2.57 bits per heavy atom. The van der Waals surface area contributed by atoms with Gasteiger partial charge in [0, 0.05) is 19.9 Å². The topological polar surface area (TPSA) is 73.1 Å². The van der Waals surface area contributed by atoms with Gasteiger partial charge in [-0.25, -0.2) is 5.43 Å². The van der Waals surface area contributed by atoms with Crippen molar-refractivity contribution >= 4 is 94.1 Å². The molecule has 4 rings (SSSR count). The Balaban J connectivity index is 1.46. The highest BCUT2D eigenvalue weighted by Gasteiger charge is 2.15. The minimum absolute atomic E-state index is 0.138. The predicted octanol–water partition coefficient (Wildman–Crippen LogP) is 8.38. The number of amides is 1. The van der Waals surface area contributed by atoms with Gasteiger partial charge in [0.2, 0.25) is 0 Å². The van der Waals surface area contributed by atoms with E-state index in [-0.39, 0.29) is 12.4 Å². The molecule has 3 aromatic carbocycles. The standard InChI is InChI=1S/C24H15Br3Cl2N2O4/c1-33-20-7-14(16(26)9-21(20)34-11-12-2-3-18(28)19(29)4-12)10-30-31-24(32)22-6-13-5-15(25)8-17(27)23(13)35-22/h2-10H,11H2,1H3,(H,31,32)/b30-10-. The third-order valence-corrected chi connectivity index (χ3v) is 7.26. The van der Waals surface area contributed by atoms with Crippen LogP contribution >= 0.6 is 71.0 Å². The first-order valence-electron chi connectivity index (χ1n) is 9.91. The lowest BCUT2D eigenvalue weighted by atomic mass is 10.2. The van der Waals surface area contributed by atoms with Crippen LogP contribution in [0.2, 0.25) is 10.0 Å². The van der Waals surface area contributed by atoms with E-state index in [4.69, 9.17) is 37.1 Å². The molecule has 0 radical (unpaired) electrons. The van der Waals surface area contributed by atoms with Gasteiger partial charge in [-0.2, -0.15) is 5.10 Å². The summed E-state index contributed by atoms with van der Waals surface area (Å²) in [5.41, 5.74) is 4.57. The molecule has 0 aliphatic carbocycles. The Hall–Kier alpha value is -2.04. The number of carbonyl (C=O) groups excluding carboxylic acids is 1. The van der Waals surface area contributed by atoms with E-state index in [2.05, 4.69) is 58.3 Å². The molecule has 0 aliphatic rings. The van der Waals surface area contributed by atoms with E-state index in [1.54, 1.807) is 30.3 Å². The molecule has 0 unspecified atom stereocenters. The minimum atomic E-state index is -0.481. The zero-order valence-corrected chi connectivity index (χ0v) is 24.1. The van der Waals surface area contributed by atoms with Crippen molar-refractivity contribution in [3.63, 3.8) is 0 Å². The summed E-state index contributed by atoms with van der Waals surface area (Å²) in [6.45, 7) is 0.271. The van der Waals surface area contributed by atoms with Gasteiger partial charge in [-0.15, -0.1) is 0 Å². The maximum absolute atomic E-state index is 12.5. The minimum Gasteiger partial charge on any atom is -0.493 e. The van der Waals surface area contributed by atoms with E-state index >= 15 is 0 Å². The highest BCUT2D eigenvalue weighted by atomic mass is 79.9. The number of ether oxygens (including phenoxy) is 2. The average Bonchev–Trinajstić information content (AvgIpc) is 3.25. The molecule has 6 nitrogen and oxygen atoms in total. The molecule has 0 saturated carbocycles. The number of nitrogens with one attached hydrogen (secondary N) is 1. The van der Waals surface area contributed by atoms with Crippen LogP contribution in [0.15, 0.2) is 71.5 Å². The normalized spacial score (nSPS) is 11.3. The van der Waals surface area contributed by atoms with Crippen LogP contribution in [0.5, 0.6) is 11.5 Å². The van der Waals surface area contributed by atoms with E-state index in [1.807, 2.05) is 18.2 Å². The smallest absolute Gasteiger partial charge is 0.307 e. The van der Waals surface area contributed by atoms with Gasteiger partial charge in [-0.1, -0.05) is 45.2 Å². The largest absolute Gasteiger partial charge is 0.493 e. The van der Waals surface area contributed by atoms with E-state index < -0.39 is 5.91 Å². The molecule has 35 heavy (non-hydrogen) atoms. The van der Waals surface area contributed by atoms with Crippen LogP contribution < -0.4 is 14.9 Å². The van der Waals surface area contributed by atoms with E-state index in [9.17, 15) is 4.79 Å². The SMILES string of the molecule is COc1cc(/C=N\NC(=O)c2cc3cc(Br)cc(Br)c3o2)c(Br)cc1OCc1ccc(Cl)c(Cl)c1. The van der Waals surface area contributed by atoms with Crippen LogP contribution in [0, 0.1) is 0 Å². The van der Waals surface area contributed by atoms with Gasteiger partial charge in [0.1, 0.15) is 12.2 Å². The summed E-state index contributed by atoms with van der Waals surface area (Å²) in [7, 11) is 1.54. The number of benzene rings is 3. The Labute approximate surface area is 235 Å². The van der Waals surface area contributed by atoms with Crippen molar-refractivity contribution in [2.75, 3.05) is 7.11 Å². The molecular formula is C24H15Br3Cl2N2O4. The monoisotopic (exact) mass is 702 g/mol. The van der Waals surface area contributed by atoms with Gasteiger partial charge >= 0.3 is 5.91 Å². The molecule has 1 aromatic heterocycles. The molecule has 1 heterocycles. The van der Waals surface area contributed by atoms with Crippen LogP contribution in [-0.4, -0.2) is 19.2 Å². The van der Waals surface area contributed by atoms with E-state index in [0.29, 0.717) is 37.2 Å². The molecule has 0 fully saturated rings. The molecular weight excluding hydrogens is 691 g/mol. The van der Waals surface area contributed by atoms with Gasteiger partial charge in [0.25, 0.3) is 0 Å². The van der Waals surface area contributed by atoms with Crippen LogP contribution in [0.4, 0.5) is 0 Å². The molecule has 0 bridgehead atoms. The number of fused-ring (bicyclic) bond motifs is 1. The number of rotatable bonds is 7. The molecule has 0 spiro atoms. The van der Waals surface area contributed by atoms with E-state index in [0.717, 1.165) is 19.9 Å². The first-order chi connectivity index (χ1) is 16.7. The quantitative estimate of drug-likeness (QED) is 0.155. The second kappa shape index (κ2) is 11.3. The van der Waals surface area contributed by atoms with Gasteiger partial charge in [-0.05, 0) is 79.9 Å². The molecule has 180 valence electrons. The van der Waals surface area contributed by atoms with Crippen molar-refractivity contribution < 1.29 is 18.7 Å². The zero-order valence-electron chi connectivity index (χ0n) is 17.9. The zero-order chi connectivity index (χ0) is 25.1. The summed E-state index contributed by atoms with van der Waals surface area (Å²) in [6.07, 6.45) is 1.49. The fourth-order valence-corrected chi connectivity index (χ4v) is 5.20. The number of carbonyl (C=O) groups is 1. The van der Waals surface area contributed by atoms with Gasteiger partial charge < -0.3 is 13.9 Å².